The number of nitrogens with one attached hydrogen (secondary N) is 1. The van der Waals surface area contributed by atoms with Crippen LogP contribution < -0.4 is 5.32 Å². The summed E-state index contributed by atoms with van der Waals surface area (Å²) >= 11 is 3.38. The Kier molecular flexibility index (Phi) is 4.32. The number of anilines is 1. The molecular formula is C15H15BrN2O. The van der Waals surface area contributed by atoms with Crippen molar-refractivity contribution in [2.75, 3.05) is 11.9 Å². The molecule has 1 aromatic carbocycles. The number of nitrogens with zero attached hydrogens (tertiary/aromatic N) is 1. The van der Waals surface area contributed by atoms with Gasteiger partial charge in [-0.05, 0) is 38.1 Å². The molecular weight excluding hydrogens is 304 g/mol. The lowest BCUT2D eigenvalue weighted by atomic mass is 10.0. The molecule has 0 atom stereocenters. The van der Waals surface area contributed by atoms with E-state index in [1.807, 2.05) is 50.2 Å². The molecule has 0 spiro atoms. The Morgan fingerprint density at radius 1 is 1.32 bits per heavy atom. The Morgan fingerprint density at radius 2 is 2.11 bits per heavy atom. The Bertz CT molecular complexity index is 611. The Balaban J connectivity index is 2.43. The first-order valence-corrected chi connectivity index (χ1v) is 6.93. The fraction of sp³-hybridized carbons (Fsp3) is 0.200. The smallest absolute Gasteiger partial charge is 0.196 e. The topological polar surface area (TPSA) is 42.0 Å². The highest BCUT2D eigenvalue weighted by Gasteiger charge is 2.14. The molecule has 1 aromatic heterocycles. The molecule has 0 aliphatic heterocycles. The molecule has 0 fully saturated rings. The van der Waals surface area contributed by atoms with Gasteiger partial charge >= 0.3 is 0 Å². The third-order valence-electron chi connectivity index (χ3n) is 2.71. The molecule has 3 nitrogen and oxygen atoms in total. The summed E-state index contributed by atoms with van der Waals surface area (Å²) in [5.74, 6) is 0.622. The van der Waals surface area contributed by atoms with Gasteiger partial charge in [0.05, 0.1) is 5.56 Å². The Morgan fingerprint density at radius 3 is 2.79 bits per heavy atom. The first-order chi connectivity index (χ1) is 9.11. The van der Waals surface area contributed by atoms with E-state index in [0.29, 0.717) is 16.9 Å². The van der Waals surface area contributed by atoms with Gasteiger partial charge in [0.15, 0.2) is 5.78 Å². The zero-order chi connectivity index (χ0) is 13.8. The van der Waals surface area contributed by atoms with Crippen LogP contribution in [0.1, 0.15) is 28.5 Å². The molecule has 1 heterocycles. The number of aryl methyl sites for hydroxylation is 1. The van der Waals surface area contributed by atoms with Crippen molar-refractivity contribution in [1.82, 2.24) is 4.98 Å². The monoisotopic (exact) mass is 318 g/mol. The van der Waals surface area contributed by atoms with Crippen molar-refractivity contribution in [3.63, 3.8) is 0 Å². The van der Waals surface area contributed by atoms with Crippen molar-refractivity contribution < 1.29 is 4.79 Å². The van der Waals surface area contributed by atoms with Crippen molar-refractivity contribution in [1.29, 1.82) is 0 Å². The van der Waals surface area contributed by atoms with Crippen molar-refractivity contribution in [2.45, 2.75) is 13.8 Å². The van der Waals surface area contributed by atoms with Gasteiger partial charge in [-0.1, -0.05) is 28.1 Å². The number of rotatable bonds is 4. The van der Waals surface area contributed by atoms with Crippen molar-refractivity contribution in [3.8, 4) is 0 Å². The standard InChI is InChI=1S/C15H15BrN2O/c1-3-17-15-13(8-7-10(2)18-15)14(19)11-5-4-6-12(16)9-11/h4-9H,3H2,1-2H3,(H,17,18). The fourth-order valence-electron chi connectivity index (χ4n) is 1.83. The number of carbonyl (C=O) groups excluding carboxylic acids is 1. The summed E-state index contributed by atoms with van der Waals surface area (Å²) in [4.78, 5) is 16.9. The molecule has 0 aliphatic rings. The normalized spacial score (nSPS) is 10.3. The zero-order valence-electron chi connectivity index (χ0n) is 10.9. The number of halogens is 1. The van der Waals surface area contributed by atoms with Gasteiger partial charge < -0.3 is 5.32 Å². The molecule has 1 N–H and O–H groups in total. The van der Waals surface area contributed by atoms with Crippen LogP contribution in [0.3, 0.4) is 0 Å². The van der Waals surface area contributed by atoms with Crippen LogP contribution in [0.2, 0.25) is 0 Å². The lowest BCUT2D eigenvalue weighted by Crippen LogP contribution is -2.10. The summed E-state index contributed by atoms with van der Waals surface area (Å²) in [5, 5.41) is 3.14. The van der Waals surface area contributed by atoms with E-state index in [1.54, 1.807) is 0 Å². The maximum atomic E-state index is 12.5. The highest BCUT2D eigenvalue weighted by atomic mass is 79.9. The quantitative estimate of drug-likeness (QED) is 0.871. The van der Waals surface area contributed by atoms with E-state index in [4.69, 9.17) is 0 Å². The molecule has 2 aromatic rings. The summed E-state index contributed by atoms with van der Waals surface area (Å²) in [6, 6.07) is 11.1. The van der Waals surface area contributed by atoms with E-state index < -0.39 is 0 Å². The van der Waals surface area contributed by atoms with Crippen LogP contribution in [0.5, 0.6) is 0 Å². The van der Waals surface area contributed by atoms with E-state index in [0.717, 1.165) is 16.7 Å². The first-order valence-electron chi connectivity index (χ1n) is 6.13. The predicted molar refractivity (Wildman–Crippen MR) is 80.7 cm³/mol. The maximum Gasteiger partial charge on any atom is 0.196 e. The second kappa shape index (κ2) is 5.97. The number of pyridine rings is 1. The number of ketones is 1. The molecule has 0 radical (unpaired) electrons. The van der Waals surface area contributed by atoms with Gasteiger partial charge in [0.2, 0.25) is 0 Å². The SMILES string of the molecule is CCNc1nc(C)ccc1C(=O)c1cccc(Br)c1. The number of hydrogen-bond donors (Lipinski definition) is 1. The Hall–Kier alpha value is -1.68. The molecule has 0 saturated carbocycles. The second-order valence-corrected chi connectivity index (χ2v) is 5.13. The highest BCUT2D eigenvalue weighted by molar-refractivity contribution is 9.10. The second-order valence-electron chi connectivity index (χ2n) is 4.22. The van der Waals surface area contributed by atoms with E-state index in [2.05, 4.69) is 26.2 Å². The lowest BCUT2D eigenvalue weighted by Gasteiger charge is -2.10. The third kappa shape index (κ3) is 3.20. The number of hydrogen-bond acceptors (Lipinski definition) is 3. The largest absolute Gasteiger partial charge is 0.370 e. The molecule has 19 heavy (non-hydrogen) atoms. The molecule has 0 bridgehead atoms. The molecule has 98 valence electrons. The number of carbonyl (C=O) groups is 1. The van der Waals surface area contributed by atoms with Crippen molar-refractivity contribution in [2.24, 2.45) is 0 Å². The van der Waals surface area contributed by atoms with Crippen LogP contribution in [0.25, 0.3) is 0 Å². The van der Waals surface area contributed by atoms with Gasteiger partial charge in [0.25, 0.3) is 0 Å². The number of benzene rings is 1. The minimum Gasteiger partial charge on any atom is -0.370 e. The van der Waals surface area contributed by atoms with Crippen LogP contribution in [-0.4, -0.2) is 17.3 Å². The molecule has 0 aliphatic carbocycles. The van der Waals surface area contributed by atoms with Gasteiger partial charge in [-0.15, -0.1) is 0 Å². The van der Waals surface area contributed by atoms with Gasteiger partial charge in [-0.3, -0.25) is 4.79 Å². The average Bonchev–Trinajstić information content (AvgIpc) is 2.39. The molecule has 0 unspecified atom stereocenters. The molecule has 4 heteroatoms. The van der Waals surface area contributed by atoms with Crippen molar-refractivity contribution >= 4 is 27.5 Å². The first kappa shape index (κ1) is 13.7. The summed E-state index contributed by atoms with van der Waals surface area (Å²) in [7, 11) is 0. The Labute approximate surface area is 121 Å². The summed E-state index contributed by atoms with van der Waals surface area (Å²) in [6.45, 7) is 4.63. The van der Waals surface area contributed by atoms with E-state index in [-0.39, 0.29) is 5.78 Å². The van der Waals surface area contributed by atoms with Crippen LogP contribution in [0, 0.1) is 6.92 Å². The number of aromatic nitrogens is 1. The average molecular weight is 319 g/mol. The third-order valence-corrected chi connectivity index (χ3v) is 3.20. The minimum absolute atomic E-state index is 0.0234. The predicted octanol–water partition coefficient (Wildman–Crippen LogP) is 3.82. The summed E-state index contributed by atoms with van der Waals surface area (Å²) in [6.07, 6.45) is 0. The maximum absolute atomic E-state index is 12.5. The van der Waals surface area contributed by atoms with E-state index in [9.17, 15) is 4.79 Å². The minimum atomic E-state index is -0.0234. The summed E-state index contributed by atoms with van der Waals surface area (Å²) in [5.41, 5.74) is 2.14. The van der Waals surface area contributed by atoms with Gasteiger partial charge in [-0.2, -0.15) is 0 Å². The van der Waals surface area contributed by atoms with E-state index >= 15 is 0 Å². The van der Waals surface area contributed by atoms with Crippen LogP contribution in [0.15, 0.2) is 40.9 Å². The van der Waals surface area contributed by atoms with Crippen LogP contribution in [0.4, 0.5) is 5.82 Å². The van der Waals surface area contributed by atoms with Crippen LogP contribution >= 0.6 is 15.9 Å². The molecule has 0 saturated heterocycles. The zero-order valence-corrected chi connectivity index (χ0v) is 12.5. The van der Waals surface area contributed by atoms with Crippen molar-refractivity contribution in [3.05, 3.63) is 57.7 Å². The summed E-state index contributed by atoms with van der Waals surface area (Å²) < 4.78 is 0.892. The molecule has 0 amide bonds. The van der Waals surface area contributed by atoms with E-state index in [1.165, 1.54) is 0 Å². The van der Waals surface area contributed by atoms with Crippen LogP contribution in [-0.2, 0) is 0 Å². The molecule has 2 rings (SSSR count). The van der Waals surface area contributed by atoms with Gasteiger partial charge in [0, 0.05) is 22.3 Å². The lowest BCUT2D eigenvalue weighted by molar-refractivity contribution is 0.103. The van der Waals surface area contributed by atoms with Gasteiger partial charge in [0.1, 0.15) is 5.82 Å². The van der Waals surface area contributed by atoms with Gasteiger partial charge in [-0.25, -0.2) is 4.98 Å². The fourth-order valence-corrected chi connectivity index (χ4v) is 2.23. The highest BCUT2D eigenvalue weighted by Crippen LogP contribution is 2.20.